The average Bonchev–Trinajstić information content (AvgIpc) is 2.70. The fourth-order valence-corrected chi connectivity index (χ4v) is 3.00. The van der Waals surface area contributed by atoms with Crippen LogP contribution in [0.1, 0.15) is 17.0 Å². The first-order valence-electron chi connectivity index (χ1n) is 7.90. The van der Waals surface area contributed by atoms with E-state index in [1.807, 2.05) is 33.0 Å². The quantitative estimate of drug-likeness (QED) is 0.903. The first-order valence-corrected chi connectivity index (χ1v) is 7.90. The lowest BCUT2D eigenvalue weighted by atomic mass is 10.1. The molecule has 6 heteroatoms. The molecular formula is C17H23N5O. The van der Waals surface area contributed by atoms with Gasteiger partial charge >= 0.3 is 0 Å². The topological polar surface area (TPSA) is 62.2 Å². The molecule has 1 aliphatic rings. The van der Waals surface area contributed by atoms with E-state index in [4.69, 9.17) is 0 Å². The first kappa shape index (κ1) is 15.6. The molecule has 0 spiro atoms. The summed E-state index contributed by atoms with van der Waals surface area (Å²) in [5.41, 5.74) is 4.99. The van der Waals surface area contributed by atoms with E-state index < -0.39 is 0 Å². The molecule has 1 aromatic carbocycles. The number of benzene rings is 1. The van der Waals surface area contributed by atoms with Gasteiger partial charge in [0.1, 0.15) is 0 Å². The number of hydrogen-bond acceptors (Lipinski definition) is 4. The number of aryl methyl sites for hydroxylation is 2. The lowest BCUT2D eigenvalue weighted by molar-refractivity contribution is -0.115. The Labute approximate surface area is 136 Å². The number of hydrogen-bond donors (Lipinski definition) is 2. The molecule has 1 aromatic heterocycles. The molecule has 1 amide bonds. The summed E-state index contributed by atoms with van der Waals surface area (Å²) < 4.78 is 1.79. The van der Waals surface area contributed by atoms with Gasteiger partial charge in [-0.15, -0.1) is 0 Å². The molecule has 122 valence electrons. The number of carbonyl (C=O) groups is 1. The predicted molar refractivity (Wildman–Crippen MR) is 91.7 cm³/mol. The maximum atomic E-state index is 12.5. The van der Waals surface area contributed by atoms with Crippen molar-refractivity contribution in [2.75, 3.05) is 29.9 Å². The zero-order valence-electron chi connectivity index (χ0n) is 13.9. The van der Waals surface area contributed by atoms with Crippen molar-refractivity contribution < 1.29 is 4.79 Å². The van der Waals surface area contributed by atoms with Gasteiger partial charge in [0.05, 0.1) is 23.6 Å². The highest BCUT2D eigenvalue weighted by molar-refractivity contribution is 5.95. The van der Waals surface area contributed by atoms with Crippen molar-refractivity contribution in [3.63, 3.8) is 0 Å². The van der Waals surface area contributed by atoms with Crippen LogP contribution in [-0.4, -0.2) is 35.3 Å². The highest BCUT2D eigenvalue weighted by Crippen LogP contribution is 2.22. The lowest BCUT2D eigenvalue weighted by Crippen LogP contribution is -2.36. The molecule has 0 bridgehead atoms. The van der Waals surface area contributed by atoms with E-state index in [0.29, 0.717) is 6.54 Å². The largest absolute Gasteiger partial charge is 0.361 e. The number of para-hydroxylation sites is 1. The van der Waals surface area contributed by atoms with E-state index >= 15 is 0 Å². The molecule has 0 fully saturated rings. The van der Waals surface area contributed by atoms with Crippen molar-refractivity contribution in [3.8, 4) is 0 Å². The normalized spacial score (nSPS) is 14.3. The van der Waals surface area contributed by atoms with Crippen LogP contribution in [0.3, 0.4) is 0 Å². The Bertz CT molecular complexity index is 722. The van der Waals surface area contributed by atoms with Gasteiger partial charge in [-0.2, -0.15) is 5.10 Å². The minimum absolute atomic E-state index is 0.0131. The molecule has 6 nitrogen and oxygen atoms in total. The van der Waals surface area contributed by atoms with Gasteiger partial charge < -0.3 is 15.5 Å². The SMILES string of the molecule is Cc1nn(C)c(C)c1NC(=O)CN1CCNCc2ccccc21. The van der Waals surface area contributed by atoms with Crippen molar-refractivity contribution in [3.05, 3.63) is 41.2 Å². The van der Waals surface area contributed by atoms with Crippen LogP contribution in [0.2, 0.25) is 0 Å². The molecule has 2 N–H and O–H groups in total. The summed E-state index contributed by atoms with van der Waals surface area (Å²) in [5, 5.41) is 10.7. The Balaban J connectivity index is 1.75. The maximum absolute atomic E-state index is 12.5. The van der Waals surface area contributed by atoms with E-state index in [-0.39, 0.29) is 5.91 Å². The Morgan fingerprint density at radius 2 is 2.13 bits per heavy atom. The van der Waals surface area contributed by atoms with Gasteiger partial charge in [-0.1, -0.05) is 18.2 Å². The second kappa shape index (κ2) is 6.42. The third-order valence-corrected chi connectivity index (χ3v) is 4.31. The lowest BCUT2D eigenvalue weighted by Gasteiger charge is -2.23. The molecule has 0 saturated carbocycles. The molecule has 0 aliphatic carbocycles. The van der Waals surface area contributed by atoms with E-state index in [0.717, 1.165) is 42.4 Å². The predicted octanol–water partition coefficient (Wildman–Crippen LogP) is 1.59. The summed E-state index contributed by atoms with van der Waals surface area (Å²) in [6.45, 7) is 6.73. The molecule has 2 aromatic rings. The van der Waals surface area contributed by atoms with E-state index in [2.05, 4.69) is 32.8 Å². The number of amides is 1. The molecule has 0 unspecified atom stereocenters. The summed E-state index contributed by atoms with van der Waals surface area (Å²) in [4.78, 5) is 14.6. The van der Waals surface area contributed by atoms with Crippen LogP contribution in [-0.2, 0) is 18.4 Å². The average molecular weight is 313 g/mol. The van der Waals surface area contributed by atoms with Gasteiger partial charge in [0, 0.05) is 32.4 Å². The Hall–Kier alpha value is -2.34. The van der Waals surface area contributed by atoms with Crippen LogP contribution in [0, 0.1) is 13.8 Å². The minimum Gasteiger partial charge on any atom is -0.361 e. The molecule has 3 rings (SSSR count). The van der Waals surface area contributed by atoms with Crippen LogP contribution < -0.4 is 15.5 Å². The number of anilines is 2. The monoisotopic (exact) mass is 313 g/mol. The van der Waals surface area contributed by atoms with Gasteiger partial charge in [-0.3, -0.25) is 9.48 Å². The van der Waals surface area contributed by atoms with Gasteiger partial charge in [0.15, 0.2) is 0 Å². The van der Waals surface area contributed by atoms with Crippen molar-refractivity contribution in [1.82, 2.24) is 15.1 Å². The van der Waals surface area contributed by atoms with Crippen LogP contribution in [0.5, 0.6) is 0 Å². The summed E-state index contributed by atoms with van der Waals surface area (Å²) in [6, 6.07) is 8.24. The second-order valence-electron chi connectivity index (χ2n) is 5.94. The van der Waals surface area contributed by atoms with Gasteiger partial charge in [0.25, 0.3) is 0 Å². The summed E-state index contributed by atoms with van der Waals surface area (Å²) >= 11 is 0. The van der Waals surface area contributed by atoms with E-state index in [9.17, 15) is 4.79 Å². The minimum atomic E-state index is -0.0131. The van der Waals surface area contributed by atoms with Crippen LogP contribution >= 0.6 is 0 Å². The van der Waals surface area contributed by atoms with Crippen molar-refractivity contribution in [1.29, 1.82) is 0 Å². The molecule has 0 saturated heterocycles. The Morgan fingerprint density at radius 1 is 1.35 bits per heavy atom. The molecule has 2 heterocycles. The number of aromatic nitrogens is 2. The molecule has 0 radical (unpaired) electrons. The smallest absolute Gasteiger partial charge is 0.243 e. The Morgan fingerprint density at radius 3 is 2.87 bits per heavy atom. The van der Waals surface area contributed by atoms with Gasteiger partial charge in [-0.25, -0.2) is 0 Å². The van der Waals surface area contributed by atoms with E-state index in [1.165, 1.54) is 5.56 Å². The number of carbonyl (C=O) groups excluding carboxylic acids is 1. The number of rotatable bonds is 3. The highest BCUT2D eigenvalue weighted by atomic mass is 16.2. The summed E-state index contributed by atoms with van der Waals surface area (Å²) in [6.07, 6.45) is 0. The molecule has 1 aliphatic heterocycles. The Kier molecular flexibility index (Phi) is 4.34. The van der Waals surface area contributed by atoms with E-state index in [1.54, 1.807) is 4.68 Å². The van der Waals surface area contributed by atoms with Crippen molar-refractivity contribution in [2.45, 2.75) is 20.4 Å². The third kappa shape index (κ3) is 3.22. The van der Waals surface area contributed by atoms with Crippen LogP contribution in [0.4, 0.5) is 11.4 Å². The summed E-state index contributed by atoms with van der Waals surface area (Å²) in [5.74, 6) is -0.0131. The van der Waals surface area contributed by atoms with Gasteiger partial charge in [-0.05, 0) is 25.5 Å². The third-order valence-electron chi connectivity index (χ3n) is 4.31. The first-order chi connectivity index (χ1) is 11.1. The van der Waals surface area contributed by atoms with Gasteiger partial charge in [0.2, 0.25) is 5.91 Å². The fourth-order valence-electron chi connectivity index (χ4n) is 3.00. The molecular weight excluding hydrogens is 290 g/mol. The molecule has 23 heavy (non-hydrogen) atoms. The highest BCUT2D eigenvalue weighted by Gasteiger charge is 2.19. The van der Waals surface area contributed by atoms with Crippen molar-refractivity contribution in [2.24, 2.45) is 7.05 Å². The maximum Gasteiger partial charge on any atom is 0.243 e. The zero-order valence-corrected chi connectivity index (χ0v) is 13.9. The van der Waals surface area contributed by atoms with Crippen LogP contribution in [0.25, 0.3) is 0 Å². The number of fused-ring (bicyclic) bond motifs is 1. The standard InChI is InChI=1S/C17H23N5O/c1-12-17(13(2)21(3)20-12)19-16(23)11-22-9-8-18-10-14-6-4-5-7-15(14)22/h4-7,18H,8-11H2,1-3H3,(H,19,23). The summed E-state index contributed by atoms with van der Waals surface area (Å²) in [7, 11) is 1.88. The van der Waals surface area contributed by atoms with Crippen molar-refractivity contribution >= 4 is 17.3 Å². The zero-order chi connectivity index (χ0) is 16.4. The fraction of sp³-hybridized carbons (Fsp3) is 0.412. The number of nitrogens with zero attached hydrogens (tertiary/aromatic N) is 3. The molecule has 0 atom stereocenters. The van der Waals surface area contributed by atoms with Crippen LogP contribution in [0.15, 0.2) is 24.3 Å². The number of nitrogens with one attached hydrogen (secondary N) is 2. The second-order valence-corrected chi connectivity index (χ2v) is 5.94.